The van der Waals surface area contributed by atoms with E-state index in [0.29, 0.717) is 48.2 Å². The molecular formula is C33H41F3N6O2S. The maximum atomic E-state index is 13.8. The Labute approximate surface area is 267 Å². The molecule has 45 heavy (non-hydrogen) atoms. The van der Waals surface area contributed by atoms with E-state index < -0.39 is 17.3 Å². The summed E-state index contributed by atoms with van der Waals surface area (Å²) < 4.78 is 40.4. The van der Waals surface area contributed by atoms with Crippen LogP contribution in [-0.2, 0) is 29.7 Å². The van der Waals surface area contributed by atoms with Crippen molar-refractivity contribution in [2.45, 2.75) is 64.7 Å². The van der Waals surface area contributed by atoms with Gasteiger partial charge in [0.15, 0.2) is 5.16 Å². The second-order valence-electron chi connectivity index (χ2n) is 10.6. The summed E-state index contributed by atoms with van der Waals surface area (Å²) in [6.45, 7) is 12.9. The van der Waals surface area contributed by atoms with E-state index in [-0.39, 0.29) is 12.5 Å². The molecule has 2 heterocycles. The van der Waals surface area contributed by atoms with E-state index >= 15 is 0 Å². The Balaban J connectivity index is 1.83. The van der Waals surface area contributed by atoms with Crippen LogP contribution in [0.25, 0.3) is 5.57 Å². The van der Waals surface area contributed by atoms with Gasteiger partial charge in [-0.05, 0) is 74.3 Å². The van der Waals surface area contributed by atoms with E-state index in [9.17, 15) is 22.8 Å². The normalized spacial score (nSPS) is 12.6. The van der Waals surface area contributed by atoms with Gasteiger partial charge in [-0.1, -0.05) is 62.4 Å². The minimum Gasteiger partial charge on any atom is -0.336 e. The Morgan fingerprint density at radius 1 is 0.978 bits per heavy atom. The monoisotopic (exact) mass is 642 g/mol. The smallest absolute Gasteiger partial charge is 0.336 e. The minimum atomic E-state index is -4.38. The molecule has 242 valence electrons. The van der Waals surface area contributed by atoms with Crippen molar-refractivity contribution in [2.24, 2.45) is 0 Å². The van der Waals surface area contributed by atoms with Gasteiger partial charge in [0.1, 0.15) is 12.2 Å². The van der Waals surface area contributed by atoms with Crippen molar-refractivity contribution in [2.75, 3.05) is 32.7 Å². The minimum absolute atomic E-state index is 0.0785. The van der Waals surface area contributed by atoms with E-state index in [4.69, 9.17) is 0 Å². The first-order valence-electron chi connectivity index (χ1n) is 15.0. The molecule has 0 aliphatic carbocycles. The standard InChI is InChI=1S/C33H41F3N6O2S/c1-6-29-31(44)38-32(45-23-26-15-17-37-18-16-26)42(39-29)22-30(43)41(20-19-40(7-2)8-3)21-24(4)9-10-25(5)27-11-13-28(14-12-27)33(34,35)36/h9-18H,6-8,19-23H2,1-5H3/b24-9+,25-10+. The van der Waals surface area contributed by atoms with Crippen LogP contribution in [0.5, 0.6) is 0 Å². The average Bonchev–Trinajstić information content (AvgIpc) is 3.03. The summed E-state index contributed by atoms with van der Waals surface area (Å²) in [6, 6.07) is 8.82. The van der Waals surface area contributed by atoms with Crippen LogP contribution in [0.2, 0.25) is 0 Å². The van der Waals surface area contributed by atoms with Gasteiger partial charge in [0.25, 0.3) is 5.56 Å². The van der Waals surface area contributed by atoms with Gasteiger partial charge in [0, 0.05) is 37.8 Å². The average molecular weight is 643 g/mol. The molecule has 0 saturated carbocycles. The van der Waals surface area contributed by atoms with Crippen molar-refractivity contribution in [1.82, 2.24) is 29.5 Å². The molecule has 3 aromatic rings. The van der Waals surface area contributed by atoms with Crippen molar-refractivity contribution in [3.05, 3.63) is 99.3 Å². The van der Waals surface area contributed by atoms with Gasteiger partial charge in [0.05, 0.1) is 5.56 Å². The van der Waals surface area contributed by atoms with Crippen molar-refractivity contribution in [3.63, 3.8) is 0 Å². The number of alkyl halides is 3. The van der Waals surface area contributed by atoms with Crippen molar-refractivity contribution < 1.29 is 18.0 Å². The van der Waals surface area contributed by atoms with Crippen molar-refractivity contribution in [3.8, 4) is 0 Å². The molecule has 0 aliphatic heterocycles. The summed E-state index contributed by atoms with van der Waals surface area (Å²) >= 11 is 1.34. The molecule has 0 radical (unpaired) electrons. The Kier molecular flexibility index (Phi) is 13.5. The number of carbonyl (C=O) groups excluding carboxylic acids is 1. The molecule has 0 aliphatic rings. The van der Waals surface area contributed by atoms with Crippen LogP contribution in [0.3, 0.4) is 0 Å². The number of benzene rings is 1. The number of aryl methyl sites for hydroxylation is 1. The topological polar surface area (TPSA) is 84.2 Å². The van der Waals surface area contributed by atoms with Gasteiger partial charge in [-0.15, -0.1) is 0 Å². The highest BCUT2D eigenvalue weighted by Crippen LogP contribution is 2.30. The fourth-order valence-corrected chi connectivity index (χ4v) is 5.35. The van der Waals surface area contributed by atoms with Crippen LogP contribution in [0.1, 0.15) is 57.0 Å². The number of pyridine rings is 1. The van der Waals surface area contributed by atoms with Crippen LogP contribution >= 0.6 is 11.8 Å². The molecule has 0 unspecified atom stereocenters. The molecule has 3 rings (SSSR count). The summed E-state index contributed by atoms with van der Waals surface area (Å²) in [4.78, 5) is 38.7. The summed E-state index contributed by atoms with van der Waals surface area (Å²) in [5.74, 6) is 0.373. The number of nitrogens with zero attached hydrogens (tertiary/aromatic N) is 6. The van der Waals surface area contributed by atoms with E-state index in [1.54, 1.807) is 17.3 Å². The number of hydrogen-bond acceptors (Lipinski definition) is 7. The fraction of sp³-hybridized carbons (Fsp3) is 0.424. The molecular weight excluding hydrogens is 601 g/mol. The zero-order valence-corrected chi connectivity index (χ0v) is 27.3. The number of likely N-dealkylation sites (N-methyl/N-ethyl adjacent to an activating group) is 1. The Hall–Kier alpha value is -3.77. The maximum absolute atomic E-state index is 13.8. The molecule has 12 heteroatoms. The van der Waals surface area contributed by atoms with E-state index in [0.717, 1.165) is 41.9 Å². The first-order chi connectivity index (χ1) is 21.4. The summed E-state index contributed by atoms with van der Waals surface area (Å²) in [5.41, 5.74) is 2.60. The number of aromatic nitrogens is 4. The number of rotatable bonds is 15. The number of hydrogen-bond donors (Lipinski definition) is 0. The number of halogens is 3. The molecule has 0 spiro atoms. The number of thioether (sulfide) groups is 1. The maximum Gasteiger partial charge on any atom is 0.416 e. The van der Waals surface area contributed by atoms with E-state index in [1.807, 2.05) is 45.1 Å². The van der Waals surface area contributed by atoms with Crippen molar-refractivity contribution >= 4 is 23.2 Å². The van der Waals surface area contributed by atoms with Crippen molar-refractivity contribution in [1.29, 1.82) is 0 Å². The first kappa shape index (κ1) is 35.7. The zero-order valence-electron chi connectivity index (χ0n) is 26.5. The zero-order chi connectivity index (χ0) is 33.0. The van der Waals surface area contributed by atoms with Crippen LogP contribution in [0.4, 0.5) is 13.2 Å². The summed E-state index contributed by atoms with van der Waals surface area (Å²) in [7, 11) is 0. The quantitative estimate of drug-likeness (QED) is 0.146. The molecule has 0 atom stereocenters. The van der Waals surface area contributed by atoms with Gasteiger partial charge >= 0.3 is 6.18 Å². The molecule has 0 bridgehead atoms. The number of allylic oxidation sites excluding steroid dienone is 3. The predicted molar refractivity (Wildman–Crippen MR) is 173 cm³/mol. The Morgan fingerprint density at radius 3 is 2.24 bits per heavy atom. The highest BCUT2D eigenvalue weighted by Gasteiger charge is 2.30. The lowest BCUT2D eigenvalue weighted by molar-refractivity contribution is -0.137. The Morgan fingerprint density at radius 2 is 1.64 bits per heavy atom. The second kappa shape index (κ2) is 17.1. The van der Waals surface area contributed by atoms with Gasteiger partial charge < -0.3 is 9.80 Å². The third kappa shape index (κ3) is 11.0. The van der Waals surface area contributed by atoms with Gasteiger partial charge in [-0.2, -0.15) is 23.3 Å². The third-order valence-corrected chi connectivity index (χ3v) is 8.34. The summed E-state index contributed by atoms with van der Waals surface area (Å²) in [6.07, 6.45) is 3.14. The van der Waals surface area contributed by atoms with E-state index in [1.165, 1.54) is 28.6 Å². The first-order valence-corrected chi connectivity index (χ1v) is 15.9. The lowest BCUT2D eigenvalue weighted by Gasteiger charge is -2.27. The number of carbonyl (C=O) groups is 1. The fourth-order valence-electron chi connectivity index (χ4n) is 4.46. The molecule has 2 aromatic heterocycles. The molecule has 8 nitrogen and oxygen atoms in total. The highest BCUT2D eigenvalue weighted by molar-refractivity contribution is 7.98. The van der Waals surface area contributed by atoms with Gasteiger partial charge in [-0.25, -0.2) is 4.68 Å². The molecule has 1 amide bonds. The Bertz CT molecular complexity index is 1520. The SMILES string of the molecule is CCc1nn(CC(=O)N(CCN(CC)CC)C/C(C)=C/C=C(\C)c2ccc(C(F)(F)F)cc2)c(SCc2ccncc2)nc1=O. The molecule has 0 N–H and O–H groups in total. The second-order valence-corrected chi connectivity index (χ2v) is 11.5. The predicted octanol–water partition coefficient (Wildman–Crippen LogP) is 6.13. The third-order valence-electron chi connectivity index (χ3n) is 7.30. The van der Waals surface area contributed by atoms with Gasteiger partial charge in [0.2, 0.25) is 5.91 Å². The van der Waals surface area contributed by atoms with Crippen LogP contribution < -0.4 is 5.56 Å². The number of amides is 1. The summed E-state index contributed by atoms with van der Waals surface area (Å²) in [5, 5.41) is 4.87. The molecule has 0 saturated heterocycles. The van der Waals surface area contributed by atoms with Crippen LogP contribution in [0.15, 0.2) is 76.5 Å². The lowest BCUT2D eigenvalue weighted by atomic mass is 10.0. The van der Waals surface area contributed by atoms with Gasteiger partial charge in [-0.3, -0.25) is 14.6 Å². The molecule has 1 aromatic carbocycles. The highest BCUT2D eigenvalue weighted by atomic mass is 32.2. The lowest BCUT2D eigenvalue weighted by Crippen LogP contribution is -2.41. The molecule has 0 fully saturated rings. The van der Waals surface area contributed by atoms with E-state index in [2.05, 4.69) is 33.8 Å². The van der Waals surface area contributed by atoms with Crippen LogP contribution in [-0.4, -0.2) is 68.2 Å². The van der Waals surface area contributed by atoms with Crippen LogP contribution in [0, 0.1) is 0 Å². The largest absolute Gasteiger partial charge is 0.416 e.